The Morgan fingerprint density at radius 1 is 1.07 bits per heavy atom. The van der Waals surface area contributed by atoms with Gasteiger partial charge in [-0.05, 0) is 50.5 Å². The summed E-state index contributed by atoms with van der Waals surface area (Å²) in [5.41, 5.74) is 1.98. The molecule has 2 aliphatic rings. The first kappa shape index (κ1) is 18.0. The van der Waals surface area contributed by atoms with Crippen LogP contribution in [-0.2, 0) is 16.1 Å². The van der Waals surface area contributed by atoms with Gasteiger partial charge in [-0.2, -0.15) is 0 Å². The predicted molar refractivity (Wildman–Crippen MR) is 98.1 cm³/mol. The van der Waals surface area contributed by atoms with Gasteiger partial charge in [0.2, 0.25) is 5.91 Å². The SMILES string of the molecule is Cc1ncc(CC2CCC(C(=O)N3OCC[C@H]3c3cnccn3)CC2)cn1. The molecule has 0 spiro atoms. The van der Waals surface area contributed by atoms with E-state index in [0.717, 1.165) is 50.0 Å². The van der Waals surface area contributed by atoms with Crippen LogP contribution in [0.3, 0.4) is 0 Å². The van der Waals surface area contributed by atoms with Gasteiger partial charge in [-0.1, -0.05) is 0 Å². The van der Waals surface area contributed by atoms with E-state index in [-0.39, 0.29) is 17.9 Å². The minimum atomic E-state index is -0.117. The Bertz CT molecular complexity index is 760. The first-order valence-corrected chi connectivity index (χ1v) is 9.70. The van der Waals surface area contributed by atoms with Crippen LogP contribution in [0.2, 0.25) is 0 Å². The van der Waals surface area contributed by atoms with Gasteiger partial charge < -0.3 is 0 Å². The molecule has 2 aromatic heterocycles. The van der Waals surface area contributed by atoms with E-state index in [1.165, 1.54) is 5.56 Å². The van der Waals surface area contributed by atoms with Gasteiger partial charge in [-0.25, -0.2) is 15.0 Å². The molecular formula is C20H25N5O2. The molecule has 2 aromatic rings. The molecular weight excluding hydrogens is 342 g/mol. The monoisotopic (exact) mass is 367 g/mol. The lowest BCUT2D eigenvalue weighted by Crippen LogP contribution is -2.37. The smallest absolute Gasteiger partial charge is 0.249 e. The molecule has 27 heavy (non-hydrogen) atoms. The van der Waals surface area contributed by atoms with Crippen molar-refractivity contribution >= 4 is 5.91 Å². The molecule has 1 saturated heterocycles. The van der Waals surface area contributed by atoms with Gasteiger partial charge in [0.25, 0.3) is 0 Å². The average molecular weight is 367 g/mol. The van der Waals surface area contributed by atoms with E-state index in [1.807, 2.05) is 19.3 Å². The summed E-state index contributed by atoms with van der Waals surface area (Å²) in [4.78, 5) is 35.7. The Morgan fingerprint density at radius 2 is 1.85 bits per heavy atom. The van der Waals surface area contributed by atoms with Crippen LogP contribution in [0.5, 0.6) is 0 Å². The highest BCUT2D eigenvalue weighted by molar-refractivity contribution is 5.78. The zero-order valence-electron chi connectivity index (χ0n) is 15.6. The zero-order valence-corrected chi connectivity index (χ0v) is 15.6. The van der Waals surface area contributed by atoms with Crippen LogP contribution in [0.15, 0.2) is 31.0 Å². The molecule has 0 bridgehead atoms. The van der Waals surface area contributed by atoms with Gasteiger partial charge in [-0.15, -0.1) is 0 Å². The number of hydrogen-bond donors (Lipinski definition) is 0. The summed E-state index contributed by atoms with van der Waals surface area (Å²) < 4.78 is 0. The molecule has 0 aromatic carbocycles. The van der Waals surface area contributed by atoms with Crippen molar-refractivity contribution in [2.24, 2.45) is 11.8 Å². The minimum absolute atomic E-state index is 0.0350. The van der Waals surface area contributed by atoms with Crippen LogP contribution < -0.4 is 0 Å². The highest BCUT2D eigenvalue weighted by Gasteiger charge is 2.37. The molecule has 1 saturated carbocycles. The first-order chi connectivity index (χ1) is 13.2. The second kappa shape index (κ2) is 8.08. The van der Waals surface area contributed by atoms with Crippen LogP contribution >= 0.6 is 0 Å². The van der Waals surface area contributed by atoms with E-state index in [4.69, 9.17) is 4.84 Å². The molecule has 4 rings (SSSR count). The van der Waals surface area contributed by atoms with Crippen molar-refractivity contribution in [3.63, 3.8) is 0 Å². The summed E-state index contributed by atoms with van der Waals surface area (Å²) in [5.74, 6) is 1.53. The first-order valence-electron chi connectivity index (χ1n) is 9.70. The van der Waals surface area contributed by atoms with Crippen LogP contribution in [0.1, 0.15) is 55.2 Å². The maximum atomic E-state index is 13.0. The van der Waals surface area contributed by atoms with Gasteiger partial charge in [0.15, 0.2) is 0 Å². The maximum Gasteiger partial charge on any atom is 0.249 e. The number of rotatable bonds is 4. The Labute approximate surface area is 159 Å². The van der Waals surface area contributed by atoms with Gasteiger partial charge in [0.1, 0.15) is 11.9 Å². The highest BCUT2D eigenvalue weighted by atomic mass is 16.7. The molecule has 7 nitrogen and oxygen atoms in total. The molecule has 0 radical (unpaired) electrons. The molecule has 1 atom stereocenters. The number of hydroxylamine groups is 2. The van der Waals surface area contributed by atoms with Crippen molar-refractivity contribution < 1.29 is 9.63 Å². The summed E-state index contributed by atoms with van der Waals surface area (Å²) in [6, 6.07) is -0.117. The van der Waals surface area contributed by atoms with Gasteiger partial charge in [-0.3, -0.25) is 19.6 Å². The Kier molecular flexibility index (Phi) is 5.38. The fraction of sp³-hybridized carbons (Fsp3) is 0.550. The number of carbonyl (C=O) groups excluding carboxylic acids is 1. The summed E-state index contributed by atoms with van der Waals surface area (Å²) in [6.45, 7) is 2.45. The normalized spacial score (nSPS) is 25.5. The number of hydrogen-bond acceptors (Lipinski definition) is 6. The average Bonchev–Trinajstić information content (AvgIpc) is 3.20. The number of aryl methyl sites for hydroxylation is 1. The van der Waals surface area contributed by atoms with Crippen molar-refractivity contribution in [2.75, 3.05) is 6.61 Å². The van der Waals surface area contributed by atoms with Gasteiger partial charge in [0, 0.05) is 37.1 Å². The molecule has 1 aliphatic heterocycles. The lowest BCUT2D eigenvalue weighted by molar-refractivity contribution is -0.183. The van der Waals surface area contributed by atoms with Crippen molar-refractivity contribution in [1.82, 2.24) is 25.0 Å². The topological polar surface area (TPSA) is 81.1 Å². The summed E-state index contributed by atoms with van der Waals surface area (Å²) in [7, 11) is 0. The van der Waals surface area contributed by atoms with Crippen LogP contribution in [0, 0.1) is 18.8 Å². The number of nitrogens with zero attached hydrogens (tertiary/aromatic N) is 5. The maximum absolute atomic E-state index is 13.0. The summed E-state index contributed by atoms with van der Waals surface area (Å²) in [5, 5.41) is 1.56. The summed E-state index contributed by atoms with van der Waals surface area (Å²) >= 11 is 0. The minimum Gasteiger partial charge on any atom is -0.272 e. The van der Waals surface area contributed by atoms with Gasteiger partial charge in [0.05, 0.1) is 18.5 Å². The van der Waals surface area contributed by atoms with Crippen molar-refractivity contribution in [1.29, 1.82) is 0 Å². The number of carbonyl (C=O) groups is 1. The van der Waals surface area contributed by atoms with Crippen LogP contribution in [0.25, 0.3) is 0 Å². The molecule has 2 fully saturated rings. The number of aromatic nitrogens is 4. The van der Waals surface area contributed by atoms with Crippen molar-refractivity contribution in [3.05, 3.63) is 48.1 Å². The standard InChI is InChI=1S/C20H25N5O2/c1-14-23-11-16(12-24-14)10-15-2-4-17(5-3-15)20(26)25-19(6-9-27-25)18-13-21-7-8-22-18/h7-8,11-13,15,17,19H,2-6,9-10H2,1H3/t15?,17?,19-/m0/s1. The molecule has 7 heteroatoms. The summed E-state index contributed by atoms with van der Waals surface area (Å²) in [6.07, 6.45) is 14.5. The fourth-order valence-corrected chi connectivity index (χ4v) is 4.09. The van der Waals surface area contributed by atoms with E-state index < -0.39 is 0 Å². The van der Waals surface area contributed by atoms with Gasteiger partial charge >= 0.3 is 0 Å². The molecule has 1 amide bonds. The lowest BCUT2D eigenvalue weighted by Gasteiger charge is -2.31. The molecule has 0 unspecified atom stereocenters. The molecule has 1 aliphatic carbocycles. The fourth-order valence-electron chi connectivity index (χ4n) is 4.09. The lowest BCUT2D eigenvalue weighted by atomic mass is 9.79. The van der Waals surface area contributed by atoms with E-state index in [2.05, 4.69) is 19.9 Å². The van der Waals surface area contributed by atoms with Crippen LogP contribution in [-0.4, -0.2) is 37.5 Å². The molecule has 142 valence electrons. The Balaban J connectivity index is 1.33. The number of amides is 1. The third-order valence-corrected chi connectivity index (χ3v) is 5.60. The Morgan fingerprint density at radius 3 is 2.56 bits per heavy atom. The van der Waals surface area contributed by atoms with Crippen molar-refractivity contribution in [3.8, 4) is 0 Å². The molecule has 3 heterocycles. The molecule has 0 N–H and O–H groups in total. The van der Waals surface area contributed by atoms with E-state index in [1.54, 1.807) is 23.7 Å². The largest absolute Gasteiger partial charge is 0.272 e. The van der Waals surface area contributed by atoms with E-state index in [9.17, 15) is 4.79 Å². The third-order valence-electron chi connectivity index (χ3n) is 5.60. The third kappa shape index (κ3) is 4.13. The van der Waals surface area contributed by atoms with E-state index >= 15 is 0 Å². The van der Waals surface area contributed by atoms with E-state index in [0.29, 0.717) is 12.5 Å². The zero-order chi connectivity index (χ0) is 18.6. The second-order valence-electron chi connectivity index (χ2n) is 7.49. The quantitative estimate of drug-likeness (QED) is 0.826. The Hall–Kier alpha value is -2.41. The van der Waals surface area contributed by atoms with Crippen LogP contribution in [0.4, 0.5) is 0 Å². The highest BCUT2D eigenvalue weighted by Crippen LogP contribution is 2.36. The van der Waals surface area contributed by atoms with Crippen molar-refractivity contribution in [2.45, 2.75) is 51.5 Å². The second-order valence-corrected chi connectivity index (χ2v) is 7.49. The predicted octanol–water partition coefficient (Wildman–Crippen LogP) is 2.83.